The molecule has 0 amide bonds. The molecule has 0 bridgehead atoms. The Bertz CT molecular complexity index is 378. The van der Waals surface area contributed by atoms with Gasteiger partial charge in [-0.2, -0.15) is 4.99 Å². The second kappa shape index (κ2) is 9.61. The number of aryl methyl sites for hydroxylation is 1. The highest BCUT2D eigenvalue weighted by Crippen LogP contribution is 2.20. The molecule has 0 aromatic heterocycles. The Kier molecular flexibility index (Phi) is 7.83. The number of nitrogens with one attached hydrogen (secondary N) is 1. The molecular weight excluding hydrogens is 220 g/mol. The van der Waals surface area contributed by atoms with Gasteiger partial charge in [-0.1, -0.05) is 63.6 Å². The molecule has 1 rings (SSSR count). The highest BCUT2D eigenvalue weighted by atomic mass is 14.7. The third kappa shape index (κ3) is 5.79. The van der Waals surface area contributed by atoms with Gasteiger partial charge in [0, 0.05) is 0 Å². The molecular formula is C16H24N2. The van der Waals surface area contributed by atoms with E-state index >= 15 is 0 Å². The highest BCUT2D eigenvalue weighted by molar-refractivity contribution is 5.54. The highest BCUT2D eigenvalue weighted by Gasteiger charge is 1.99. The van der Waals surface area contributed by atoms with Gasteiger partial charge in [0.1, 0.15) is 0 Å². The number of hydrogen-bond acceptors (Lipinski definition) is 2. The summed E-state index contributed by atoms with van der Waals surface area (Å²) in [6.45, 7) is 2.25. The third-order valence-corrected chi connectivity index (χ3v) is 3.22. The number of rotatable bonds is 9. The molecule has 18 heavy (non-hydrogen) atoms. The van der Waals surface area contributed by atoms with E-state index in [0.717, 1.165) is 12.1 Å². The molecule has 0 saturated heterocycles. The summed E-state index contributed by atoms with van der Waals surface area (Å²) in [5.41, 5.74) is 2.14. The van der Waals surface area contributed by atoms with Crippen LogP contribution in [0.5, 0.6) is 0 Å². The van der Waals surface area contributed by atoms with Crippen molar-refractivity contribution >= 4 is 11.7 Å². The van der Waals surface area contributed by atoms with Crippen molar-refractivity contribution in [1.82, 2.24) is 0 Å². The van der Waals surface area contributed by atoms with Gasteiger partial charge < -0.3 is 0 Å². The van der Waals surface area contributed by atoms with E-state index in [1.807, 2.05) is 18.2 Å². The van der Waals surface area contributed by atoms with E-state index in [0.29, 0.717) is 0 Å². The summed E-state index contributed by atoms with van der Waals surface area (Å²) in [5, 5.41) is 6.93. The summed E-state index contributed by atoms with van der Waals surface area (Å²) in [6.07, 6.45) is 10.4. The summed E-state index contributed by atoms with van der Waals surface area (Å²) in [7, 11) is 0. The van der Waals surface area contributed by atoms with E-state index in [-0.39, 0.29) is 0 Å². The zero-order valence-electron chi connectivity index (χ0n) is 11.4. The summed E-state index contributed by atoms with van der Waals surface area (Å²) >= 11 is 0. The van der Waals surface area contributed by atoms with Crippen molar-refractivity contribution in [3.63, 3.8) is 0 Å². The number of nitrogens with zero attached hydrogens (tertiary/aromatic N) is 1. The fourth-order valence-corrected chi connectivity index (χ4v) is 2.16. The average molecular weight is 244 g/mol. The minimum absolute atomic E-state index is 0.901. The Hall–Kier alpha value is -1.40. The van der Waals surface area contributed by atoms with E-state index in [2.05, 4.69) is 24.0 Å². The van der Waals surface area contributed by atoms with Crippen molar-refractivity contribution in [2.24, 2.45) is 4.99 Å². The lowest BCUT2D eigenvalue weighted by atomic mass is 10.0. The number of para-hydroxylation sites is 1. The van der Waals surface area contributed by atoms with Crippen molar-refractivity contribution in [2.75, 3.05) is 0 Å². The lowest BCUT2D eigenvalue weighted by Crippen LogP contribution is -1.87. The number of unbranched alkanes of at least 4 members (excludes halogenated alkanes) is 6. The maximum absolute atomic E-state index is 6.93. The first-order valence-electron chi connectivity index (χ1n) is 7.09. The van der Waals surface area contributed by atoms with Crippen LogP contribution in [0.1, 0.15) is 57.4 Å². The van der Waals surface area contributed by atoms with Crippen molar-refractivity contribution in [3.8, 4) is 0 Å². The first-order valence-corrected chi connectivity index (χ1v) is 7.09. The van der Waals surface area contributed by atoms with Crippen LogP contribution in [0, 0.1) is 5.41 Å². The molecule has 0 fully saturated rings. The molecule has 0 aliphatic rings. The first kappa shape index (κ1) is 14.7. The van der Waals surface area contributed by atoms with E-state index in [1.54, 1.807) is 0 Å². The third-order valence-electron chi connectivity index (χ3n) is 3.22. The predicted octanol–water partition coefficient (Wildman–Crippen LogP) is 5.36. The summed E-state index contributed by atoms with van der Waals surface area (Å²) < 4.78 is 0. The molecule has 1 aromatic rings. The SMILES string of the molecule is CCCCCCCCCc1ccccc1N=C=N. The van der Waals surface area contributed by atoms with E-state index in [4.69, 9.17) is 5.41 Å². The Morgan fingerprint density at radius 1 is 1.00 bits per heavy atom. The van der Waals surface area contributed by atoms with Gasteiger partial charge >= 0.3 is 0 Å². The van der Waals surface area contributed by atoms with Crippen LogP contribution < -0.4 is 0 Å². The first-order chi connectivity index (χ1) is 8.88. The monoisotopic (exact) mass is 244 g/mol. The molecule has 1 N–H and O–H groups in total. The second-order valence-corrected chi connectivity index (χ2v) is 4.72. The molecule has 0 spiro atoms. The Balaban J connectivity index is 2.24. The van der Waals surface area contributed by atoms with Crippen molar-refractivity contribution < 1.29 is 0 Å². The van der Waals surface area contributed by atoms with Gasteiger partial charge in [0.15, 0.2) is 0 Å². The molecule has 1 aromatic carbocycles. The second-order valence-electron chi connectivity index (χ2n) is 4.72. The molecule has 2 heteroatoms. The molecule has 0 radical (unpaired) electrons. The van der Waals surface area contributed by atoms with Crippen LogP contribution in [0.4, 0.5) is 5.69 Å². The van der Waals surface area contributed by atoms with Gasteiger partial charge in [0.25, 0.3) is 0 Å². The summed E-state index contributed by atoms with van der Waals surface area (Å²) in [5.74, 6) is 0. The largest absolute Gasteiger partial charge is 0.241 e. The fourth-order valence-electron chi connectivity index (χ4n) is 2.16. The zero-order chi connectivity index (χ0) is 13.1. The van der Waals surface area contributed by atoms with Crippen LogP contribution in [0.3, 0.4) is 0 Å². The van der Waals surface area contributed by atoms with Crippen molar-refractivity contribution in [1.29, 1.82) is 5.41 Å². The lowest BCUT2D eigenvalue weighted by Gasteiger charge is -2.04. The van der Waals surface area contributed by atoms with E-state index in [9.17, 15) is 0 Å². The van der Waals surface area contributed by atoms with Crippen LogP contribution in [-0.2, 0) is 6.42 Å². The summed E-state index contributed by atoms with van der Waals surface area (Å²) in [4.78, 5) is 3.96. The normalized spacial score (nSPS) is 10.1. The van der Waals surface area contributed by atoms with Crippen molar-refractivity contribution in [2.45, 2.75) is 58.3 Å². The van der Waals surface area contributed by atoms with Gasteiger partial charge in [-0.25, -0.2) is 5.41 Å². The fraction of sp³-hybridized carbons (Fsp3) is 0.562. The minimum Gasteiger partial charge on any atom is -0.241 e. The molecule has 0 atom stereocenters. The Morgan fingerprint density at radius 3 is 2.39 bits per heavy atom. The molecule has 0 aliphatic carbocycles. The van der Waals surface area contributed by atoms with Gasteiger partial charge in [0.2, 0.25) is 0 Å². The molecule has 0 heterocycles. The van der Waals surface area contributed by atoms with E-state index in [1.165, 1.54) is 50.5 Å². The van der Waals surface area contributed by atoms with Crippen LogP contribution in [0.15, 0.2) is 29.3 Å². The van der Waals surface area contributed by atoms with Crippen LogP contribution in [0.25, 0.3) is 0 Å². The van der Waals surface area contributed by atoms with Gasteiger partial charge in [-0.15, -0.1) is 0 Å². The van der Waals surface area contributed by atoms with Gasteiger partial charge in [-0.05, 0) is 24.5 Å². The summed E-state index contributed by atoms with van der Waals surface area (Å²) in [6, 6.07) is 10.2. The Labute approximate surface area is 111 Å². The molecule has 0 aliphatic heterocycles. The maximum Gasteiger partial charge on any atom is 0.0918 e. The van der Waals surface area contributed by atoms with E-state index < -0.39 is 0 Å². The minimum atomic E-state index is 0.901. The van der Waals surface area contributed by atoms with Gasteiger partial charge in [0.05, 0.1) is 11.7 Å². The smallest absolute Gasteiger partial charge is 0.0918 e. The quantitative estimate of drug-likeness (QED) is 0.448. The zero-order valence-corrected chi connectivity index (χ0v) is 11.4. The van der Waals surface area contributed by atoms with Crippen LogP contribution in [-0.4, -0.2) is 6.01 Å². The van der Waals surface area contributed by atoms with Crippen molar-refractivity contribution in [3.05, 3.63) is 29.8 Å². The number of hydrogen-bond donors (Lipinski definition) is 1. The maximum atomic E-state index is 6.93. The lowest BCUT2D eigenvalue weighted by molar-refractivity contribution is 0.589. The van der Waals surface area contributed by atoms with Crippen LogP contribution >= 0.6 is 0 Å². The predicted molar refractivity (Wildman–Crippen MR) is 78.0 cm³/mol. The Morgan fingerprint density at radius 2 is 1.67 bits per heavy atom. The van der Waals surface area contributed by atoms with Gasteiger partial charge in [-0.3, -0.25) is 0 Å². The number of benzene rings is 1. The number of aliphatic imine (C=N–C) groups is 1. The topological polar surface area (TPSA) is 36.2 Å². The molecule has 2 nitrogen and oxygen atoms in total. The average Bonchev–Trinajstić information content (AvgIpc) is 2.40. The molecule has 0 unspecified atom stereocenters. The van der Waals surface area contributed by atoms with Crippen LogP contribution in [0.2, 0.25) is 0 Å². The standard InChI is InChI=1S/C16H24N2/c1-2-3-4-5-6-7-8-11-15-12-9-10-13-16(15)18-14-17/h9-10,12-13,17H,2-8,11H2,1H3. The molecule has 0 saturated carbocycles. The molecule has 98 valence electrons.